The van der Waals surface area contributed by atoms with Crippen LogP contribution < -0.4 is 0 Å². The Hall–Kier alpha value is -1.95. The molecule has 1 rings (SSSR count). The molecule has 0 aromatic heterocycles. The Morgan fingerprint density at radius 2 is 2.19 bits per heavy atom. The molecule has 6 heteroatoms. The molecule has 0 aliphatic heterocycles. The largest absolute Gasteiger partial charge is 0.467 e. The van der Waals surface area contributed by atoms with Gasteiger partial charge in [0, 0.05) is 17.2 Å². The molecular weight excluding hydrogens is 214 g/mol. The van der Waals surface area contributed by atoms with Crippen molar-refractivity contribution in [2.45, 2.75) is 13.0 Å². The fourth-order valence-corrected chi connectivity index (χ4v) is 1.37. The third-order valence-electron chi connectivity index (χ3n) is 2.26. The van der Waals surface area contributed by atoms with Crippen molar-refractivity contribution >= 4 is 11.7 Å². The van der Waals surface area contributed by atoms with Crippen molar-refractivity contribution < 1.29 is 19.6 Å². The highest BCUT2D eigenvalue weighted by Gasteiger charge is 2.23. The summed E-state index contributed by atoms with van der Waals surface area (Å²) in [6, 6.07) is 4.17. The molecule has 1 aromatic carbocycles. The molecule has 0 aliphatic carbocycles. The van der Waals surface area contributed by atoms with Crippen LogP contribution in [0.2, 0.25) is 0 Å². The molecule has 0 aliphatic rings. The number of ether oxygens (including phenoxy) is 1. The summed E-state index contributed by atoms with van der Waals surface area (Å²) >= 11 is 0. The molecule has 0 fully saturated rings. The lowest BCUT2D eigenvalue weighted by Gasteiger charge is -2.11. The summed E-state index contributed by atoms with van der Waals surface area (Å²) < 4.78 is 4.36. The summed E-state index contributed by atoms with van der Waals surface area (Å²) in [6.45, 7) is 1.47. The molecule has 1 atom stereocenters. The molecule has 86 valence electrons. The smallest absolute Gasteiger partial charge is 0.339 e. The van der Waals surface area contributed by atoms with Crippen LogP contribution in [0.5, 0.6) is 0 Å². The van der Waals surface area contributed by atoms with E-state index in [-0.39, 0.29) is 16.8 Å². The van der Waals surface area contributed by atoms with Crippen molar-refractivity contribution in [2.24, 2.45) is 0 Å². The fraction of sp³-hybridized carbons (Fsp3) is 0.300. The molecule has 0 unspecified atom stereocenters. The molecule has 6 nitrogen and oxygen atoms in total. The van der Waals surface area contributed by atoms with Crippen LogP contribution in [-0.2, 0) is 9.53 Å². The minimum atomic E-state index is -1.50. The highest BCUT2D eigenvalue weighted by atomic mass is 16.6. The van der Waals surface area contributed by atoms with Crippen LogP contribution in [0.4, 0.5) is 5.69 Å². The molecule has 16 heavy (non-hydrogen) atoms. The normalized spacial score (nSPS) is 11.9. The predicted octanol–water partition coefficient (Wildman–Crippen LogP) is 1.11. The number of rotatable bonds is 3. The van der Waals surface area contributed by atoms with E-state index >= 15 is 0 Å². The maximum absolute atomic E-state index is 11.1. The number of nitrogens with zero attached hydrogens (tertiary/aromatic N) is 1. The van der Waals surface area contributed by atoms with Crippen molar-refractivity contribution in [3.05, 3.63) is 39.4 Å². The maximum Gasteiger partial charge on any atom is 0.339 e. The SMILES string of the molecule is COC(=O)[C@@H](O)c1cccc([N+](=O)[O-])c1C. The molecule has 0 saturated carbocycles. The Morgan fingerprint density at radius 3 is 2.69 bits per heavy atom. The summed E-state index contributed by atoms with van der Waals surface area (Å²) in [5, 5.41) is 20.2. The third-order valence-corrected chi connectivity index (χ3v) is 2.26. The number of benzene rings is 1. The Morgan fingerprint density at radius 1 is 1.56 bits per heavy atom. The van der Waals surface area contributed by atoms with Gasteiger partial charge in [0.15, 0.2) is 6.10 Å². The van der Waals surface area contributed by atoms with Crippen LogP contribution in [0.3, 0.4) is 0 Å². The second-order valence-electron chi connectivity index (χ2n) is 3.17. The fourth-order valence-electron chi connectivity index (χ4n) is 1.37. The van der Waals surface area contributed by atoms with Gasteiger partial charge in [0.25, 0.3) is 5.69 Å². The van der Waals surface area contributed by atoms with E-state index in [0.717, 1.165) is 7.11 Å². The monoisotopic (exact) mass is 225 g/mol. The minimum Gasteiger partial charge on any atom is -0.467 e. The third kappa shape index (κ3) is 2.17. The Balaban J connectivity index is 3.20. The standard InChI is InChI=1S/C10H11NO5/c1-6-7(9(12)10(13)16-2)4-3-5-8(6)11(14)15/h3-5,9,12H,1-2H3/t9-/m0/s1. The molecule has 1 N–H and O–H groups in total. The summed E-state index contributed by atoms with van der Waals surface area (Å²) in [5.41, 5.74) is 0.298. The summed E-state index contributed by atoms with van der Waals surface area (Å²) in [7, 11) is 1.14. The van der Waals surface area contributed by atoms with Crippen LogP contribution >= 0.6 is 0 Å². The molecule has 0 radical (unpaired) electrons. The lowest BCUT2D eigenvalue weighted by Crippen LogP contribution is -2.15. The topological polar surface area (TPSA) is 89.7 Å². The zero-order chi connectivity index (χ0) is 12.3. The van der Waals surface area contributed by atoms with Crippen molar-refractivity contribution in [1.29, 1.82) is 0 Å². The second-order valence-corrected chi connectivity index (χ2v) is 3.17. The van der Waals surface area contributed by atoms with E-state index in [1.807, 2.05) is 0 Å². The first kappa shape index (κ1) is 12.1. The Kier molecular flexibility index (Phi) is 3.57. The maximum atomic E-state index is 11.1. The highest BCUT2D eigenvalue weighted by molar-refractivity contribution is 5.77. The van der Waals surface area contributed by atoms with Crippen LogP contribution in [0.25, 0.3) is 0 Å². The van der Waals surface area contributed by atoms with Gasteiger partial charge in [-0.15, -0.1) is 0 Å². The van der Waals surface area contributed by atoms with Gasteiger partial charge in [-0.1, -0.05) is 12.1 Å². The molecule has 0 saturated heterocycles. The van der Waals surface area contributed by atoms with Gasteiger partial charge in [-0.2, -0.15) is 0 Å². The number of hydrogen-bond donors (Lipinski definition) is 1. The lowest BCUT2D eigenvalue weighted by atomic mass is 10.0. The summed E-state index contributed by atoms with van der Waals surface area (Å²) in [4.78, 5) is 21.2. The first-order valence-electron chi connectivity index (χ1n) is 4.48. The number of methoxy groups -OCH3 is 1. The Labute approximate surface area is 91.6 Å². The summed E-state index contributed by atoms with van der Waals surface area (Å²) in [6.07, 6.45) is -1.50. The highest BCUT2D eigenvalue weighted by Crippen LogP contribution is 2.26. The van der Waals surface area contributed by atoms with Gasteiger partial charge in [-0.25, -0.2) is 4.79 Å². The number of hydrogen-bond acceptors (Lipinski definition) is 5. The Bertz CT molecular complexity index is 429. The number of carbonyl (C=O) groups excluding carboxylic acids is 1. The molecule has 0 bridgehead atoms. The average Bonchev–Trinajstić information content (AvgIpc) is 2.27. The lowest BCUT2D eigenvalue weighted by molar-refractivity contribution is -0.385. The van der Waals surface area contributed by atoms with E-state index in [9.17, 15) is 20.0 Å². The van der Waals surface area contributed by atoms with E-state index in [0.29, 0.717) is 0 Å². The van der Waals surface area contributed by atoms with E-state index in [1.165, 1.54) is 25.1 Å². The first-order chi connectivity index (χ1) is 7.49. The van der Waals surface area contributed by atoms with Gasteiger partial charge in [0.1, 0.15) is 0 Å². The number of esters is 1. The second kappa shape index (κ2) is 4.71. The first-order valence-corrected chi connectivity index (χ1v) is 4.48. The molecule has 1 aromatic rings. The summed E-state index contributed by atoms with van der Waals surface area (Å²) in [5.74, 6) is -0.844. The van der Waals surface area contributed by atoms with E-state index in [4.69, 9.17) is 0 Å². The number of aliphatic hydroxyl groups is 1. The van der Waals surface area contributed by atoms with Crippen LogP contribution in [-0.4, -0.2) is 23.1 Å². The number of nitro benzene ring substituents is 1. The van der Waals surface area contributed by atoms with Gasteiger partial charge in [-0.3, -0.25) is 10.1 Å². The van der Waals surface area contributed by atoms with Gasteiger partial charge >= 0.3 is 5.97 Å². The van der Waals surface area contributed by atoms with Crippen LogP contribution in [0.1, 0.15) is 17.2 Å². The van der Waals surface area contributed by atoms with Gasteiger partial charge in [0.05, 0.1) is 12.0 Å². The molecular formula is C10H11NO5. The molecule has 0 heterocycles. The van der Waals surface area contributed by atoms with E-state index in [1.54, 1.807) is 0 Å². The van der Waals surface area contributed by atoms with Crippen molar-refractivity contribution in [3.8, 4) is 0 Å². The van der Waals surface area contributed by atoms with Crippen molar-refractivity contribution in [2.75, 3.05) is 7.11 Å². The van der Waals surface area contributed by atoms with E-state index in [2.05, 4.69) is 4.74 Å². The van der Waals surface area contributed by atoms with Crippen LogP contribution in [0.15, 0.2) is 18.2 Å². The number of aliphatic hydroxyl groups excluding tert-OH is 1. The molecule has 0 spiro atoms. The van der Waals surface area contributed by atoms with Gasteiger partial charge in [-0.05, 0) is 6.92 Å². The molecule has 0 amide bonds. The quantitative estimate of drug-likeness (QED) is 0.472. The average molecular weight is 225 g/mol. The zero-order valence-electron chi connectivity index (χ0n) is 8.84. The number of nitro groups is 1. The van der Waals surface area contributed by atoms with Crippen molar-refractivity contribution in [3.63, 3.8) is 0 Å². The zero-order valence-corrected chi connectivity index (χ0v) is 8.84. The van der Waals surface area contributed by atoms with Gasteiger partial charge in [0.2, 0.25) is 0 Å². The van der Waals surface area contributed by atoms with Crippen molar-refractivity contribution in [1.82, 2.24) is 0 Å². The van der Waals surface area contributed by atoms with Crippen LogP contribution in [0, 0.1) is 17.0 Å². The van der Waals surface area contributed by atoms with E-state index < -0.39 is 17.0 Å². The minimum absolute atomic E-state index is 0.138. The van der Waals surface area contributed by atoms with Gasteiger partial charge < -0.3 is 9.84 Å². The number of carbonyl (C=O) groups is 1. The predicted molar refractivity (Wildman–Crippen MR) is 54.8 cm³/mol.